The Balaban J connectivity index is 1.86. The van der Waals surface area contributed by atoms with Gasteiger partial charge in [0.05, 0.1) is 11.0 Å². The minimum absolute atomic E-state index is 0.0226. The normalized spacial score (nSPS) is 65.7. The fourth-order valence-electron chi connectivity index (χ4n) is 7.68. The Morgan fingerprint density at radius 3 is 2.67 bits per heavy atom. The van der Waals surface area contributed by atoms with Crippen LogP contribution in [0, 0.1) is 28.1 Å². The van der Waals surface area contributed by atoms with Crippen LogP contribution in [-0.4, -0.2) is 29.4 Å². The smallest absolute Gasteiger partial charge is 0.320 e. The molecule has 94 valence electrons. The molecule has 1 aliphatic heterocycles. The molecule has 4 aliphatic carbocycles. The molecule has 3 amide bonds. The minimum Gasteiger partial charge on any atom is -0.320 e. The van der Waals surface area contributed by atoms with Crippen LogP contribution in [0.15, 0.2) is 12.2 Å². The van der Waals surface area contributed by atoms with E-state index in [2.05, 4.69) is 25.7 Å². The summed E-state index contributed by atoms with van der Waals surface area (Å²) < 4.78 is 0. The molecular formula is C14H16N2O2. The van der Waals surface area contributed by atoms with Crippen molar-refractivity contribution in [3.63, 3.8) is 0 Å². The summed E-state index contributed by atoms with van der Waals surface area (Å²) in [5.74, 6) is 0.858. The van der Waals surface area contributed by atoms with Gasteiger partial charge in [-0.25, -0.2) is 4.79 Å². The van der Waals surface area contributed by atoms with E-state index >= 15 is 0 Å². The number of rotatable bonds is 0. The minimum atomic E-state index is -0.302. The molecular weight excluding hydrogens is 228 g/mol. The molecule has 6 atom stereocenters. The summed E-state index contributed by atoms with van der Waals surface area (Å²) in [5.41, 5.74) is 0.833. The quantitative estimate of drug-likeness (QED) is 0.650. The molecule has 6 unspecified atom stereocenters. The number of carbonyl (C=O) groups excluding carboxylic acids is 2. The third kappa shape index (κ3) is 0.402. The number of fused-ring (bicyclic) bond motifs is 1. The standard InChI is InChI=1S/C14H16N2O2/c1-6-5-13-11(2)7(6)12(3)8(11)14(12,13)9(17)15-10(18)16(13)4/h7-8H,1,5H2,2-4H3,(H,15,17,18). The summed E-state index contributed by atoms with van der Waals surface area (Å²) in [6.07, 6.45) is 0.815. The first kappa shape index (κ1) is 9.59. The Kier molecular flexibility index (Phi) is 0.988. The number of hydrogen-bond acceptors (Lipinski definition) is 2. The van der Waals surface area contributed by atoms with Gasteiger partial charge in [0.1, 0.15) is 0 Å². The molecule has 0 aromatic rings. The maximum absolute atomic E-state index is 12.5. The highest BCUT2D eigenvalue weighted by atomic mass is 16.2. The van der Waals surface area contributed by atoms with Gasteiger partial charge in [-0.3, -0.25) is 10.1 Å². The van der Waals surface area contributed by atoms with E-state index in [0.29, 0.717) is 11.8 Å². The van der Waals surface area contributed by atoms with Gasteiger partial charge in [0.15, 0.2) is 0 Å². The zero-order valence-electron chi connectivity index (χ0n) is 10.8. The van der Waals surface area contributed by atoms with Crippen molar-refractivity contribution in [1.29, 1.82) is 0 Å². The topological polar surface area (TPSA) is 49.4 Å². The molecule has 18 heavy (non-hydrogen) atoms. The zero-order valence-corrected chi connectivity index (χ0v) is 10.8. The SMILES string of the molecule is C=C1CC23N(C)C(=O)NC(=O)C24C2C4(C)C1C23C. The van der Waals surface area contributed by atoms with Crippen molar-refractivity contribution < 1.29 is 9.59 Å². The first-order valence-corrected chi connectivity index (χ1v) is 6.60. The van der Waals surface area contributed by atoms with Crippen LogP contribution in [0.1, 0.15) is 20.3 Å². The first-order valence-electron chi connectivity index (χ1n) is 6.60. The first-order chi connectivity index (χ1) is 8.33. The van der Waals surface area contributed by atoms with E-state index in [1.165, 1.54) is 5.57 Å². The van der Waals surface area contributed by atoms with Crippen molar-refractivity contribution in [2.24, 2.45) is 28.1 Å². The van der Waals surface area contributed by atoms with E-state index in [4.69, 9.17) is 0 Å². The maximum Gasteiger partial charge on any atom is 0.324 e. The van der Waals surface area contributed by atoms with Crippen LogP contribution < -0.4 is 5.32 Å². The molecule has 0 radical (unpaired) electrons. The lowest BCUT2D eigenvalue weighted by atomic mass is 9.46. The van der Waals surface area contributed by atoms with Gasteiger partial charge < -0.3 is 4.90 Å². The largest absolute Gasteiger partial charge is 0.324 e. The number of carbonyl (C=O) groups is 2. The summed E-state index contributed by atoms with van der Waals surface area (Å²) in [5, 5.41) is 2.56. The highest BCUT2D eigenvalue weighted by Crippen LogP contribution is 3.09. The molecule has 0 aromatic heterocycles. The predicted molar refractivity (Wildman–Crippen MR) is 63.4 cm³/mol. The van der Waals surface area contributed by atoms with Gasteiger partial charge in [0, 0.05) is 12.5 Å². The summed E-state index contributed by atoms with van der Waals surface area (Å²) in [7, 11) is 1.84. The lowest BCUT2D eigenvalue weighted by molar-refractivity contribution is -0.170. The monoisotopic (exact) mass is 244 g/mol. The van der Waals surface area contributed by atoms with Gasteiger partial charge in [-0.1, -0.05) is 26.0 Å². The van der Waals surface area contributed by atoms with E-state index < -0.39 is 0 Å². The number of imide groups is 1. The molecule has 2 spiro atoms. The van der Waals surface area contributed by atoms with E-state index in [9.17, 15) is 9.59 Å². The number of hydrogen-bond donors (Lipinski definition) is 1. The van der Waals surface area contributed by atoms with Crippen LogP contribution in [0.25, 0.3) is 0 Å². The third-order valence-corrected chi connectivity index (χ3v) is 7.49. The molecule has 5 fully saturated rings. The van der Waals surface area contributed by atoms with E-state index in [-0.39, 0.29) is 33.7 Å². The summed E-state index contributed by atoms with van der Waals surface area (Å²) in [4.78, 5) is 26.3. The molecule has 4 nitrogen and oxygen atoms in total. The lowest BCUT2D eigenvalue weighted by Gasteiger charge is -2.64. The van der Waals surface area contributed by atoms with Gasteiger partial charge >= 0.3 is 6.03 Å². The van der Waals surface area contributed by atoms with Crippen LogP contribution in [-0.2, 0) is 4.79 Å². The summed E-state index contributed by atoms with van der Waals surface area (Å²) >= 11 is 0. The van der Waals surface area contributed by atoms with Crippen molar-refractivity contribution in [2.75, 3.05) is 7.05 Å². The van der Waals surface area contributed by atoms with E-state index in [0.717, 1.165) is 6.42 Å². The Morgan fingerprint density at radius 1 is 1.33 bits per heavy atom. The second kappa shape index (κ2) is 1.86. The molecule has 0 bridgehead atoms. The average Bonchev–Trinajstić information content (AvgIpc) is 2.66. The summed E-state index contributed by atoms with van der Waals surface area (Å²) in [6, 6.07) is -0.236. The lowest BCUT2D eigenvalue weighted by Crippen LogP contribution is -2.78. The Bertz CT molecular complexity index is 613. The number of nitrogens with zero attached hydrogens (tertiary/aromatic N) is 1. The van der Waals surface area contributed by atoms with Crippen LogP contribution in [0.2, 0.25) is 0 Å². The van der Waals surface area contributed by atoms with Crippen molar-refractivity contribution in [3.05, 3.63) is 12.2 Å². The fraction of sp³-hybridized carbons (Fsp3) is 0.714. The Hall–Kier alpha value is -1.32. The molecule has 1 saturated heterocycles. The van der Waals surface area contributed by atoms with Crippen molar-refractivity contribution in [2.45, 2.75) is 25.8 Å². The number of amides is 3. The van der Waals surface area contributed by atoms with Gasteiger partial charge in [-0.05, 0) is 23.7 Å². The van der Waals surface area contributed by atoms with Crippen molar-refractivity contribution >= 4 is 11.9 Å². The molecule has 1 N–H and O–H groups in total. The molecule has 5 aliphatic rings. The van der Waals surface area contributed by atoms with Gasteiger partial charge in [0.2, 0.25) is 5.91 Å². The highest BCUT2D eigenvalue weighted by Gasteiger charge is 3.14. The van der Waals surface area contributed by atoms with Crippen LogP contribution in [0.4, 0.5) is 4.79 Å². The second-order valence-electron chi connectivity index (χ2n) is 7.25. The zero-order chi connectivity index (χ0) is 12.9. The van der Waals surface area contributed by atoms with E-state index in [1.807, 2.05) is 11.9 Å². The average molecular weight is 244 g/mol. The van der Waals surface area contributed by atoms with Gasteiger partial charge in [0.25, 0.3) is 0 Å². The second-order valence-corrected chi connectivity index (χ2v) is 7.25. The van der Waals surface area contributed by atoms with Gasteiger partial charge in [-0.2, -0.15) is 0 Å². The van der Waals surface area contributed by atoms with Crippen LogP contribution >= 0.6 is 0 Å². The summed E-state index contributed by atoms with van der Waals surface area (Å²) in [6.45, 7) is 8.70. The number of nitrogens with one attached hydrogen (secondary N) is 1. The van der Waals surface area contributed by atoms with Gasteiger partial charge in [-0.15, -0.1) is 0 Å². The maximum atomic E-state index is 12.5. The third-order valence-electron chi connectivity index (χ3n) is 7.49. The molecule has 0 aromatic carbocycles. The van der Waals surface area contributed by atoms with Crippen molar-refractivity contribution in [1.82, 2.24) is 10.2 Å². The molecule has 4 saturated carbocycles. The Labute approximate surface area is 105 Å². The Morgan fingerprint density at radius 2 is 2.00 bits per heavy atom. The van der Waals surface area contributed by atoms with Crippen molar-refractivity contribution in [3.8, 4) is 0 Å². The molecule has 1 heterocycles. The molecule has 5 rings (SSSR count). The van der Waals surface area contributed by atoms with Crippen LogP contribution in [0.5, 0.6) is 0 Å². The molecule has 4 heteroatoms. The van der Waals surface area contributed by atoms with Crippen LogP contribution in [0.3, 0.4) is 0 Å². The van der Waals surface area contributed by atoms with E-state index in [1.54, 1.807) is 0 Å². The highest BCUT2D eigenvalue weighted by molar-refractivity contribution is 6.08. The number of urea groups is 1. The predicted octanol–water partition coefficient (Wildman–Crippen LogP) is 1.14. The fourth-order valence-corrected chi connectivity index (χ4v) is 7.68.